The number of nitrogens with zero attached hydrogens (tertiary/aromatic N) is 3. The molecule has 100 valence electrons. The zero-order chi connectivity index (χ0) is 13.9. The van der Waals surface area contributed by atoms with Crippen molar-refractivity contribution in [3.05, 3.63) is 36.7 Å². The fourth-order valence-corrected chi connectivity index (χ4v) is 1.33. The molecule has 0 saturated heterocycles. The number of rotatable bonds is 5. The molecule has 0 fully saturated rings. The molecule has 0 aliphatic rings. The molecule has 0 aliphatic heterocycles. The lowest BCUT2D eigenvalue weighted by atomic mass is 9.95. The van der Waals surface area contributed by atoms with E-state index in [0.29, 0.717) is 0 Å². The summed E-state index contributed by atoms with van der Waals surface area (Å²) in [6.45, 7) is 3.19. The van der Waals surface area contributed by atoms with E-state index in [1.165, 1.54) is 6.33 Å². The molecule has 0 radical (unpaired) electrons. The van der Waals surface area contributed by atoms with Gasteiger partial charge in [-0.2, -0.15) is 4.98 Å². The fourth-order valence-electron chi connectivity index (χ4n) is 1.33. The van der Waals surface area contributed by atoms with Crippen molar-refractivity contribution in [2.24, 2.45) is 5.41 Å². The van der Waals surface area contributed by atoms with Gasteiger partial charge in [0.05, 0.1) is 11.1 Å². The molecule has 2 aromatic rings. The van der Waals surface area contributed by atoms with Crippen LogP contribution in [0.3, 0.4) is 0 Å². The van der Waals surface area contributed by atoms with Crippen molar-refractivity contribution >= 4 is 5.97 Å². The molecule has 0 amide bonds. The van der Waals surface area contributed by atoms with E-state index in [4.69, 9.17) is 9.84 Å². The second kappa shape index (κ2) is 5.09. The summed E-state index contributed by atoms with van der Waals surface area (Å²) in [5, 5.41) is 13.1. The molecule has 19 heavy (non-hydrogen) atoms. The highest BCUT2D eigenvalue weighted by atomic mass is 16.5. The lowest BCUT2D eigenvalue weighted by Gasteiger charge is -2.17. The molecule has 1 N–H and O–H groups in total. The van der Waals surface area contributed by atoms with Crippen LogP contribution in [-0.2, 0) is 4.79 Å². The number of para-hydroxylation sites is 1. The van der Waals surface area contributed by atoms with Gasteiger partial charge in [-0.15, -0.1) is 5.10 Å². The minimum absolute atomic E-state index is 0.0150. The third-order valence-corrected chi connectivity index (χ3v) is 2.63. The van der Waals surface area contributed by atoms with Gasteiger partial charge >= 0.3 is 12.0 Å². The maximum atomic E-state index is 10.9. The molecule has 0 unspecified atom stereocenters. The standard InChI is InChI=1S/C13H15N3O3/c1-13(2,11(17)18)8-19-12-14-9-16(15-12)10-6-4-3-5-7-10/h3-7,9H,8H2,1-2H3,(H,17,18). The van der Waals surface area contributed by atoms with Crippen molar-refractivity contribution in [3.63, 3.8) is 0 Å². The molecule has 6 nitrogen and oxygen atoms in total. The molecule has 1 aromatic carbocycles. The normalized spacial score (nSPS) is 11.3. The average Bonchev–Trinajstić information content (AvgIpc) is 2.86. The van der Waals surface area contributed by atoms with E-state index in [1.807, 2.05) is 30.3 Å². The molecule has 0 atom stereocenters. The van der Waals surface area contributed by atoms with Crippen LogP contribution in [0.4, 0.5) is 0 Å². The summed E-state index contributed by atoms with van der Waals surface area (Å²) in [6, 6.07) is 9.64. The first-order chi connectivity index (χ1) is 8.99. The van der Waals surface area contributed by atoms with E-state index in [0.717, 1.165) is 5.69 Å². The number of carboxylic acids is 1. The first-order valence-corrected chi connectivity index (χ1v) is 5.82. The number of benzene rings is 1. The number of aliphatic carboxylic acids is 1. The summed E-state index contributed by atoms with van der Waals surface area (Å²) in [6.07, 6.45) is 1.53. The summed E-state index contributed by atoms with van der Waals surface area (Å²) in [5.74, 6) is -0.921. The highest BCUT2D eigenvalue weighted by molar-refractivity contribution is 5.73. The van der Waals surface area contributed by atoms with Crippen LogP contribution in [0.5, 0.6) is 6.01 Å². The Morgan fingerprint density at radius 2 is 2.05 bits per heavy atom. The predicted octanol–water partition coefficient (Wildman–Crippen LogP) is 1.76. The minimum atomic E-state index is -0.974. The Bertz CT molecular complexity index is 564. The summed E-state index contributed by atoms with van der Waals surface area (Å²) < 4.78 is 6.88. The number of hydrogen-bond donors (Lipinski definition) is 1. The molecule has 0 spiro atoms. The molecule has 1 aromatic heterocycles. The van der Waals surface area contributed by atoms with Crippen LogP contribution in [0.15, 0.2) is 36.7 Å². The third kappa shape index (κ3) is 3.09. The van der Waals surface area contributed by atoms with Crippen molar-refractivity contribution in [3.8, 4) is 11.7 Å². The minimum Gasteiger partial charge on any atom is -0.481 e. The van der Waals surface area contributed by atoms with E-state index < -0.39 is 11.4 Å². The quantitative estimate of drug-likeness (QED) is 0.887. The van der Waals surface area contributed by atoms with Gasteiger partial charge in [-0.3, -0.25) is 4.79 Å². The molecule has 1 heterocycles. The van der Waals surface area contributed by atoms with E-state index in [-0.39, 0.29) is 12.6 Å². The number of ether oxygens (including phenoxy) is 1. The third-order valence-electron chi connectivity index (χ3n) is 2.63. The molecule has 6 heteroatoms. The average molecular weight is 261 g/mol. The number of carboxylic acid groups (broad SMARTS) is 1. The van der Waals surface area contributed by atoms with Gasteiger partial charge in [-0.1, -0.05) is 18.2 Å². The van der Waals surface area contributed by atoms with Gasteiger partial charge in [-0.05, 0) is 26.0 Å². The zero-order valence-electron chi connectivity index (χ0n) is 10.8. The van der Waals surface area contributed by atoms with Crippen LogP contribution in [0.2, 0.25) is 0 Å². The topological polar surface area (TPSA) is 77.2 Å². The summed E-state index contributed by atoms with van der Waals surface area (Å²) in [4.78, 5) is 14.9. The molecule has 0 saturated carbocycles. The maximum Gasteiger partial charge on any atom is 0.335 e. The van der Waals surface area contributed by atoms with Gasteiger partial charge < -0.3 is 9.84 Å². The van der Waals surface area contributed by atoms with Gasteiger partial charge in [-0.25, -0.2) is 4.68 Å². The van der Waals surface area contributed by atoms with Crippen LogP contribution in [-0.4, -0.2) is 32.4 Å². The van der Waals surface area contributed by atoms with Crippen LogP contribution in [0.1, 0.15) is 13.8 Å². The van der Waals surface area contributed by atoms with E-state index >= 15 is 0 Å². The number of hydrogen-bond acceptors (Lipinski definition) is 4. The van der Waals surface area contributed by atoms with E-state index in [1.54, 1.807) is 18.5 Å². The largest absolute Gasteiger partial charge is 0.481 e. The Kier molecular flexibility index (Phi) is 3.50. The van der Waals surface area contributed by atoms with E-state index in [9.17, 15) is 4.79 Å². The second-order valence-corrected chi connectivity index (χ2v) is 4.78. The van der Waals surface area contributed by atoms with Crippen LogP contribution in [0, 0.1) is 5.41 Å². The number of aromatic nitrogens is 3. The van der Waals surface area contributed by atoms with Crippen molar-refractivity contribution in [2.45, 2.75) is 13.8 Å². The smallest absolute Gasteiger partial charge is 0.335 e. The van der Waals surface area contributed by atoms with Gasteiger partial charge in [0, 0.05) is 0 Å². The van der Waals surface area contributed by atoms with Gasteiger partial charge in [0.15, 0.2) is 0 Å². The first-order valence-electron chi connectivity index (χ1n) is 5.82. The van der Waals surface area contributed by atoms with E-state index in [2.05, 4.69) is 10.1 Å². The molecule has 0 bridgehead atoms. The summed E-state index contributed by atoms with van der Waals surface area (Å²) in [5.41, 5.74) is -0.111. The van der Waals surface area contributed by atoms with Crippen molar-refractivity contribution in [2.75, 3.05) is 6.61 Å². The Hall–Kier alpha value is -2.37. The van der Waals surface area contributed by atoms with Crippen molar-refractivity contribution in [1.29, 1.82) is 0 Å². The summed E-state index contributed by atoms with van der Waals surface area (Å²) >= 11 is 0. The van der Waals surface area contributed by atoms with Crippen LogP contribution >= 0.6 is 0 Å². The number of carbonyl (C=O) groups is 1. The molecule has 2 rings (SSSR count). The Morgan fingerprint density at radius 1 is 1.37 bits per heavy atom. The predicted molar refractivity (Wildman–Crippen MR) is 68.3 cm³/mol. The molecular formula is C13H15N3O3. The lowest BCUT2D eigenvalue weighted by Crippen LogP contribution is -2.30. The highest BCUT2D eigenvalue weighted by Gasteiger charge is 2.28. The fraction of sp³-hybridized carbons (Fsp3) is 0.308. The van der Waals surface area contributed by atoms with Crippen LogP contribution in [0.25, 0.3) is 5.69 Å². The molecular weight excluding hydrogens is 246 g/mol. The lowest BCUT2D eigenvalue weighted by molar-refractivity contribution is -0.148. The van der Waals surface area contributed by atoms with Crippen molar-refractivity contribution in [1.82, 2.24) is 14.8 Å². The highest BCUT2D eigenvalue weighted by Crippen LogP contribution is 2.17. The second-order valence-electron chi connectivity index (χ2n) is 4.78. The Balaban J connectivity index is 2.05. The van der Waals surface area contributed by atoms with Crippen LogP contribution < -0.4 is 4.74 Å². The molecule has 0 aliphatic carbocycles. The summed E-state index contributed by atoms with van der Waals surface area (Å²) in [7, 11) is 0. The zero-order valence-corrected chi connectivity index (χ0v) is 10.8. The first kappa shape index (κ1) is 13.1. The van der Waals surface area contributed by atoms with Gasteiger partial charge in [0.2, 0.25) is 0 Å². The Morgan fingerprint density at radius 3 is 2.68 bits per heavy atom. The van der Waals surface area contributed by atoms with Gasteiger partial charge in [0.1, 0.15) is 12.9 Å². The van der Waals surface area contributed by atoms with Gasteiger partial charge in [0.25, 0.3) is 0 Å². The monoisotopic (exact) mass is 261 g/mol. The Labute approximate surface area is 110 Å². The SMILES string of the molecule is CC(C)(COc1ncn(-c2ccccc2)n1)C(=O)O. The maximum absolute atomic E-state index is 10.9. The van der Waals surface area contributed by atoms with Crippen molar-refractivity contribution < 1.29 is 14.6 Å².